The Hall–Kier alpha value is -1.81. The molecule has 0 aliphatic rings. The highest BCUT2D eigenvalue weighted by atomic mass is 32.2. The number of hydrogen-bond donors (Lipinski definition) is 2. The molecule has 0 aromatic carbocycles. The summed E-state index contributed by atoms with van der Waals surface area (Å²) >= 11 is 0.858. The predicted molar refractivity (Wildman–Crippen MR) is 64.9 cm³/mol. The molecule has 0 unspecified atom stereocenters. The lowest BCUT2D eigenvalue weighted by Gasteiger charge is -2.08. The van der Waals surface area contributed by atoms with E-state index in [0.717, 1.165) is 17.8 Å². The van der Waals surface area contributed by atoms with E-state index in [1.54, 1.807) is 13.8 Å². The standard InChI is InChI=1S/C10H10F3N5OS/c1-4-5(2)19-9(15-4)20-7-3-6(10(11,12)13)16-8(17-7)18-14/h3H,14H2,1-2H3,(H,16,17,18). The van der Waals surface area contributed by atoms with Crippen molar-refractivity contribution in [2.75, 3.05) is 5.43 Å². The second kappa shape index (κ2) is 5.29. The van der Waals surface area contributed by atoms with Gasteiger partial charge in [0.2, 0.25) is 5.95 Å². The summed E-state index contributed by atoms with van der Waals surface area (Å²) in [7, 11) is 0. The maximum Gasteiger partial charge on any atom is 0.433 e. The Morgan fingerprint density at radius 3 is 2.45 bits per heavy atom. The van der Waals surface area contributed by atoms with E-state index in [1.165, 1.54) is 0 Å². The molecule has 0 saturated heterocycles. The Morgan fingerprint density at radius 1 is 1.25 bits per heavy atom. The lowest BCUT2D eigenvalue weighted by molar-refractivity contribution is -0.141. The zero-order chi connectivity index (χ0) is 14.9. The van der Waals surface area contributed by atoms with Crippen LogP contribution in [0.4, 0.5) is 19.1 Å². The molecule has 0 bridgehead atoms. The molecule has 0 aliphatic heterocycles. The van der Waals surface area contributed by atoms with Crippen molar-refractivity contribution in [1.29, 1.82) is 0 Å². The number of anilines is 1. The third kappa shape index (κ3) is 3.20. The molecule has 0 atom stereocenters. The van der Waals surface area contributed by atoms with Crippen LogP contribution in [-0.4, -0.2) is 15.0 Å². The van der Waals surface area contributed by atoms with E-state index in [-0.39, 0.29) is 16.2 Å². The van der Waals surface area contributed by atoms with Gasteiger partial charge < -0.3 is 4.42 Å². The number of halogens is 3. The topological polar surface area (TPSA) is 89.9 Å². The summed E-state index contributed by atoms with van der Waals surface area (Å²) in [4.78, 5) is 11.1. The Bertz CT molecular complexity index is 608. The molecule has 0 spiro atoms. The van der Waals surface area contributed by atoms with E-state index in [4.69, 9.17) is 10.3 Å². The second-order valence-corrected chi connectivity index (χ2v) is 4.75. The maximum absolute atomic E-state index is 12.7. The molecule has 2 rings (SSSR count). The molecule has 6 nitrogen and oxygen atoms in total. The lowest BCUT2D eigenvalue weighted by Crippen LogP contribution is -2.15. The van der Waals surface area contributed by atoms with Gasteiger partial charge in [0.1, 0.15) is 10.8 Å². The van der Waals surface area contributed by atoms with E-state index in [0.29, 0.717) is 11.5 Å². The van der Waals surface area contributed by atoms with Gasteiger partial charge in [-0.05, 0) is 25.6 Å². The minimum atomic E-state index is -4.59. The van der Waals surface area contributed by atoms with Crippen LogP contribution in [-0.2, 0) is 6.18 Å². The quantitative estimate of drug-likeness (QED) is 0.511. The van der Waals surface area contributed by atoms with E-state index < -0.39 is 11.9 Å². The number of hydrogen-bond acceptors (Lipinski definition) is 7. The fourth-order valence-corrected chi connectivity index (χ4v) is 2.09. The average molecular weight is 305 g/mol. The van der Waals surface area contributed by atoms with Gasteiger partial charge in [-0.1, -0.05) is 0 Å². The first-order chi connectivity index (χ1) is 9.29. The van der Waals surface area contributed by atoms with Crippen LogP contribution in [0.3, 0.4) is 0 Å². The van der Waals surface area contributed by atoms with Crippen molar-refractivity contribution in [2.24, 2.45) is 5.84 Å². The Kier molecular flexibility index (Phi) is 3.86. The van der Waals surface area contributed by atoms with Crippen LogP contribution < -0.4 is 11.3 Å². The fourth-order valence-electron chi connectivity index (χ4n) is 1.26. The highest BCUT2D eigenvalue weighted by molar-refractivity contribution is 7.99. The van der Waals surface area contributed by atoms with Crippen LogP contribution in [0.2, 0.25) is 0 Å². The molecule has 108 valence electrons. The molecule has 2 heterocycles. The highest BCUT2D eigenvalue weighted by Gasteiger charge is 2.34. The van der Waals surface area contributed by atoms with Gasteiger partial charge in [-0.25, -0.2) is 20.8 Å². The fraction of sp³-hybridized carbons (Fsp3) is 0.300. The number of nitrogens with one attached hydrogen (secondary N) is 1. The lowest BCUT2D eigenvalue weighted by atomic mass is 10.4. The zero-order valence-electron chi connectivity index (χ0n) is 10.4. The third-order valence-corrected chi connectivity index (χ3v) is 3.09. The number of nitrogens with zero attached hydrogens (tertiary/aromatic N) is 3. The Labute approximate surface area is 116 Å². The summed E-state index contributed by atoms with van der Waals surface area (Å²) in [5, 5.41) is 0.233. The van der Waals surface area contributed by atoms with Crippen molar-refractivity contribution in [3.8, 4) is 0 Å². The number of aryl methyl sites for hydroxylation is 2. The summed E-state index contributed by atoms with van der Waals surface area (Å²) in [5.41, 5.74) is 1.56. The second-order valence-electron chi connectivity index (χ2n) is 3.78. The molecular formula is C10H10F3N5OS. The van der Waals surface area contributed by atoms with Crippen molar-refractivity contribution in [1.82, 2.24) is 15.0 Å². The summed E-state index contributed by atoms with van der Waals surface area (Å²) in [5.74, 6) is 5.32. The summed E-state index contributed by atoms with van der Waals surface area (Å²) in [6.45, 7) is 3.44. The van der Waals surface area contributed by atoms with Crippen molar-refractivity contribution in [2.45, 2.75) is 30.3 Å². The van der Waals surface area contributed by atoms with E-state index in [2.05, 4.69) is 15.0 Å². The van der Waals surface area contributed by atoms with Gasteiger partial charge in [-0.3, -0.25) is 5.43 Å². The van der Waals surface area contributed by atoms with E-state index in [1.807, 2.05) is 5.43 Å². The van der Waals surface area contributed by atoms with Gasteiger partial charge in [0.05, 0.1) is 5.69 Å². The Balaban J connectivity index is 2.36. The Morgan fingerprint density at radius 2 is 1.95 bits per heavy atom. The SMILES string of the molecule is Cc1nc(Sc2cc(C(F)(F)F)nc(NN)n2)oc1C. The molecule has 0 amide bonds. The predicted octanol–water partition coefficient (Wildman–Crippen LogP) is 2.54. The number of oxazole rings is 1. The number of hydrazine groups is 1. The third-order valence-electron chi connectivity index (χ3n) is 2.32. The molecule has 2 aromatic rings. The molecule has 0 radical (unpaired) electrons. The number of rotatable bonds is 3. The molecule has 0 saturated carbocycles. The van der Waals surface area contributed by atoms with E-state index in [9.17, 15) is 13.2 Å². The van der Waals surface area contributed by atoms with Crippen LogP contribution in [0.5, 0.6) is 0 Å². The van der Waals surface area contributed by atoms with Crippen LogP contribution in [0.25, 0.3) is 0 Å². The molecule has 10 heteroatoms. The van der Waals surface area contributed by atoms with Gasteiger partial charge in [-0.2, -0.15) is 13.2 Å². The first kappa shape index (κ1) is 14.6. The molecule has 3 N–H and O–H groups in total. The van der Waals surface area contributed by atoms with Crippen molar-refractivity contribution in [3.63, 3.8) is 0 Å². The van der Waals surface area contributed by atoms with Gasteiger partial charge in [-0.15, -0.1) is 0 Å². The van der Waals surface area contributed by atoms with Crippen LogP contribution in [0.15, 0.2) is 20.7 Å². The minimum absolute atomic E-state index is 0.0292. The van der Waals surface area contributed by atoms with Crippen LogP contribution in [0.1, 0.15) is 17.1 Å². The zero-order valence-corrected chi connectivity index (χ0v) is 11.3. The molecule has 20 heavy (non-hydrogen) atoms. The van der Waals surface area contributed by atoms with Gasteiger partial charge in [0, 0.05) is 6.07 Å². The number of aromatic nitrogens is 3. The molecule has 0 fully saturated rings. The number of alkyl halides is 3. The van der Waals surface area contributed by atoms with Crippen molar-refractivity contribution >= 4 is 17.7 Å². The van der Waals surface area contributed by atoms with Gasteiger partial charge in [0.25, 0.3) is 5.22 Å². The van der Waals surface area contributed by atoms with E-state index >= 15 is 0 Å². The molecular weight excluding hydrogens is 295 g/mol. The highest BCUT2D eigenvalue weighted by Crippen LogP contribution is 2.33. The first-order valence-electron chi connectivity index (χ1n) is 5.34. The number of nitrogens with two attached hydrogens (primary N) is 1. The average Bonchev–Trinajstić information content (AvgIpc) is 2.66. The van der Waals surface area contributed by atoms with Crippen molar-refractivity contribution in [3.05, 3.63) is 23.2 Å². The summed E-state index contributed by atoms with van der Waals surface area (Å²) < 4.78 is 43.3. The molecule has 0 aliphatic carbocycles. The van der Waals surface area contributed by atoms with Crippen LogP contribution in [0, 0.1) is 13.8 Å². The summed E-state index contributed by atoms with van der Waals surface area (Å²) in [6.07, 6.45) is -4.59. The maximum atomic E-state index is 12.7. The smallest absolute Gasteiger partial charge is 0.433 e. The largest absolute Gasteiger partial charge is 0.436 e. The van der Waals surface area contributed by atoms with Crippen LogP contribution >= 0.6 is 11.8 Å². The number of nitrogen functional groups attached to an aromatic ring is 1. The molecule has 2 aromatic heterocycles. The normalized spacial score (nSPS) is 11.7. The first-order valence-corrected chi connectivity index (χ1v) is 6.16. The van der Waals surface area contributed by atoms with Gasteiger partial charge in [0.15, 0.2) is 5.69 Å². The minimum Gasteiger partial charge on any atom is -0.436 e. The van der Waals surface area contributed by atoms with Crippen molar-refractivity contribution < 1.29 is 17.6 Å². The monoisotopic (exact) mass is 305 g/mol. The van der Waals surface area contributed by atoms with Gasteiger partial charge >= 0.3 is 6.18 Å². The summed E-state index contributed by atoms with van der Waals surface area (Å²) in [6, 6.07) is 0.806.